The molecule has 0 heterocycles. The Kier molecular flexibility index (Phi) is 2.92. The van der Waals surface area contributed by atoms with Crippen LogP contribution < -0.4 is 0 Å². The summed E-state index contributed by atoms with van der Waals surface area (Å²) in [6.45, 7) is 0. The van der Waals surface area contributed by atoms with Crippen molar-refractivity contribution in [2.45, 2.75) is 25.1 Å². The van der Waals surface area contributed by atoms with Crippen molar-refractivity contribution >= 4 is 11.9 Å². The van der Waals surface area contributed by atoms with Crippen molar-refractivity contribution < 1.29 is 27.9 Å². The van der Waals surface area contributed by atoms with Crippen molar-refractivity contribution in [2.24, 2.45) is 5.92 Å². The van der Waals surface area contributed by atoms with E-state index in [9.17, 15) is 22.8 Å². The second-order valence-corrected chi connectivity index (χ2v) is 3.53. The first kappa shape index (κ1) is 11.8. The maximum absolute atomic E-state index is 12.0. The van der Waals surface area contributed by atoms with E-state index in [1.54, 1.807) is 0 Å². The third-order valence-corrected chi connectivity index (χ3v) is 2.30. The summed E-state index contributed by atoms with van der Waals surface area (Å²) in [6.07, 6.45) is -3.92. The topological polar surface area (TPSA) is 57.6 Å². The molecule has 0 bridgehead atoms. The van der Waals surface area contributed by atoms with E-state index in [1.807, 2.05) is 0 Å². The van der Waals surface area contributed by atoms with Crippen molar-refractivity contribution in [3.63, 3.8) is 0 Å². The van der Waals surface area contributed by atoms with Gasteiger partial charge >= 0.3 is 18.1 Å². The third-order valence-electron chi connectivity index (χ3n) is 2.30. The fourth-order valence-corrected chi connectivity index (χ4v) is 1.42. The van der Waals surface area contributed by atoms with E-state index < -0.39 is 24.1 Å². The van der Waals surface area contributed by atoms with Crippen LogP contribution in [0.2, 0.25) is 0 Å². The summed E-state index contributed by atoms with van der Waals surface area (Å²) < 4.78 is 36.1. The van der Waals surface area contributed by atoms with Crippen LogP contribution in [-0.2, 0) is 9.59 Å². The Morgan fingerprint density at radius 2 is 1.87 bits per heavy atom. The molecule has 15 heavy (non-hydrogen) atoms. The molecule has 0 aromatic carbocycles. The Morgan fingerprint density at radius 1 is 1.40 bits per heavy atom. The summed E-state index contributed by atoms with van der Waals surface area (Å²) in [5.41, 5.74) is 0. The molecule has 0 aliphatic heterocycles. The summed E-state index contributed by atoms with van der Waals surface area (Å²) in [7, 11) is 0.868. The normalized spacial score (nSPS) is 18.4. The zero-order valence-corrected chi connectivity index (χ0v) is 7.91. The molecule has 0 spiro atoms. The highest BCUT2D eigenvalue weighted by molar-refractivity contribution is 5.87. The summed E-state index contributed by atoms with van der Waals surface area (Å²) >= 11 is 0. The molecule has 1 saturated carbocycles. The lowest BCUT2D eigenvalue weighted by atomic mass is 10.1. The minimum atomic E-state index is -5.02. The van der Waals surface area contributed by atoms with Crippen LogP contribution in [0.3, 0.4) is 0 Å². The highest BCUT2D eigenvalue weighted by Gasteiger charge is 2.48. The third kappa shape index (κ3) is 2.60. The lowest BCUT2D eigenvalue weighted by Crippen LogP contribution is -2.49. The van der Waals surface area contributed by atoms with Gasteiger partial charge in [0.15, 0.2) is 0 Å². The maximum Gasteiger partial charge on any atom is 0.471 e. The van der Waals surface area contributed by atoms with Gasteiger partial charge in [-0.25, -0.2) is 4.79 Å². The van der Waals surface area contributed by atoms with E-state index in [2.05, 4.69) is 0 Å². The number of amides is 1. The second-order valence-electron chi connectivity index (χ2n) is 3.53. The Labute approximate surface area is 83.7 Å². The number of likely N-dealkylation sites (N-methyl/N-ethyl adjacent to an activating group) is 1. The van der Waals surface area contributed by atoms with Gasteiger partial charge in [-0.2, -0.15) is 13.2 Å². The van der Waals surface area contributed by atoms with E-state index in [0.29, 0.717) is 12.8 Å². The molecule has 0 aromatic heterocycles. The molecule has 86 valence electrons. The SMILES string of the molecule is CN(C(=O)C(F)(F)F)C(C(=O)O)C1CC1. The largest absolute Gasteiger partial charge is 0.480 e. The summed E-state index contributed by atoms with van der Waals surface area (Å²) in [5, 5.41) is 8.71. The first-order chi connectivity index (χ1) is 6.75. The van der Waals surface area contributed by atoms with E-state index in [0.717, 1.165) is 7.05 Å². The number of aliphatic carboxylic acids is 1. The first-order valence-corrected chi connectivity index (χ1v) is 4.32. The molecule has 1 N–H and O–H groups in total. The van der Waals surface area contributed by atoms with Gasteiger partial charge in [-0.1, -0.05) is 0 Å². The van der Waals surface area contributed by atoms with Crippen molar-refractivity contribution in [2.75, 3.05) is 7.05 Å². The van der Waals surface area contributed by atoms with Gasteiger partial charge in [0, 0.05) is 7.05 Å². The Balaban J connectivity index is 2.76. The molecule has 1 unspecified atom stereocenters. The predicted octanol–water partition coefficient (Wildman–Crippen LogP) is 0.870. The second kappa shape index (κ2) is 3.71. The van der Waals surface area contributed by atoms with Crippen LogP contribution in [0, 0.1) is 5.92 Å². The van der Waals surface area contributed by atoms with Crippen LogP contribution >= 0.6 is 0 Å². The number of carbonyl (C=O) groups is 2. The Bertz CT molecular complexity index is 285. The van der Waals surface area contributed by atoms with Gasteiger partial charge in [0.2, 0.25) is 0 Å². The van der Waals surface area contributed by atoms with Crippen molar-refractivity contribution in [3.05, 3.63) is 0 Å². The van der Waals surface area contributed by atoms with Gasteiger partial charge in [0.1, 0.15) is 6.04 Å². The molecule has 4 nitrogen and oxygen atoms in total. The molecule has 1 aliphatic rings. The molecule has 1 rings (SSSR count). The minimum Gasteiger partial charge on any atom is -0.480 e. The van der Waals surface area contributed by atoms with Crippen LogP contribution in [0.25, 0.3) is 0 Å². The van der Waals surface area contributed by atoms with Gasteiger partial charge in [0.25, 0.3) is 0 Å². The number of halogens is 3. The molecule has 0 radical (unpaired) electrons. The molecule has 7 heteroatoms. The van der Waals surface area contributed by atoms with Crippen molar-refractivity contribution in [1.82, 2.24) is 4.90 Å². The van der Waals surface area contributed by atoms with Gasteiger partial charge in [-0.15, -0.1) is 0 Å². The monoisotopic (exact) mass is 225 g/mol. The summed E-state index contributed by atoms with van der Waals surface area (Å²) in [5.74, 6) is -3.85. The number of rotatable bonds is 3. The number of carboxylic acids is 1. The molecule has 1 amide bonds. The lowest BCUT2D eigenvalue weighted by Gasteiger charge is -2.25. The van der Waals surface area contributed by atoms with Gasteiger partial charge in [0.05, 0.1) is 0 Å². The van der Waals surface area contributed by atoms with Crippen LogP contribution in [0.1, 0.15) is 12.8 Å². The average Bonchev–Trinajstić information content (AvgIpc) is 2.84. The van der Waals surface area contributed by atoms with E-state index >= 15 is 0 Å². The van der Waals surface area contributed by atoms with Crippen LogP contribution in [-0.4, -0.2) is 41.1 Å². The highest BCUT2D eigenvalue weighted by Crippen LogP contribution is 2.36. The maximum atomic E-state index is 12.0. The Morgan fingerprint density at radius 3 is 2.13 bits per heavy atom. The zero-order valence-electron chi connectivity index (χ0n) is 7.91. The number of hydrogen-bond donors (Lipinski definition) is 1. The molecule has 1 fully saturated rings. The van der Waals surface area contributed by atoms with Crippen LogP contribution in [0.5, 0.6) is 0 Å². The van der Waals surface area contributed by atoms with E-state index in [-0.39, 0.29) is 10.8 Å². The van der Waals surface area contributed by atoms with Gasteiger partial charge < -0.3 is 10.0 Å². The number of carboxylic acid groups (broad SMARTS) is 1. The van der Waals surface area contributed by atoms with E-state index in [1.165, 1.54) is 0 Å². The van der Waals surface area contributed by atoms with Gasteiger partial charge in [-0.05, 0) is 18.8 Å². The molecule has 1 atom stereocenters. The smallest absolute Gasteiger partial charge is 0.471 e. The lowest BCUT2D eigenvalue weighted by molar-refractivity contribution is -0.188. The van der Waals surface area contributed by atoms with Crippen molar-refractivity contribution in [3.8, 4) is 0 Å². The molecule has 0 saturated heterocycles. The van der Waals surface area contributed by atoms with Crippen LogP contribution in [0.15, 0.2) is 0 Å². The first-order valence-electron chi connectivity index (χ1n) is 4.32. The number of nitrogens with zero attached hydrogens (tertiary/aromatic N) is 1. The molecular weight excluding hydrogens is 215 g/mol. The number of alkyl halides is 3. The minimum absolute atomic E-state index is 0.264. The number of hydrogen-bond acceptors (Lipinski definition) is 2. The Hall–Kier alpha value is -1.27. The molecular formula is C8H10F3NO3. The summed E-state index contributed by atoms with van der Waals surface area (Å²) in [6, 6.07) is -1.36. The van der Waals surface area contributed by atoms with Gasteiger partial charge in [-0.3, -0.25) is 4.79 Å². The molecule has 0 aromatic rings. The van der Waals surface area contributed by atoms with E-state index in [4.69, 9.17) is 5.11 Å². The fourth-order valence-electron chi connectivity index (χ4n) is 1.42. The zero-order chi connectivity index (χ0) is 11.8. The average molecular weight is 225 g/mol. The highest BCUT2D eigenvalue weighted by atomic mass is 19.4. The standard InChI is InChI=1S/C8H10F3NO3/c1-12(7(15)8(9,10)11)5(6(13)14)4-2-3-4/h4-5H,2-3H2,1H3,(H,13,14). The predicted molar refractivity (Wildman–Crippen MR) is 43.0 cm³/mol. The fraction of sp³-hybridized carbons (Fsp3) is 0.750. The molecule has 1 aliphatic carbocycles. The summed E-state index contributed by atoms with van der Waals surface area (Å²) in [4.78, 5) is 21.7. The quantitative estimate of drug-likeness (QED) is 0.775. The van der Waals surface area contributed by atoms with Crippen LogP contribution in [0.4, 0.5) is 13.2 Å². The number of carbonyl (C=O) groups excluding carboxylic acids is 1. The van der Waals surface area contributed by atoms with Crippen molar-refractivity contribution in [1.29, 1.82) is 0 Å².